The fourth-order valence-corrected chi connectivity index (χ4v) is 2.20. The molecule has 0 spiro atoms. The molecule has 0 amide bonds. The van der Waals surface area contributed by atoms with Gasteiger partial charge in [-0.15, -0.1) is 0 Å². The van der Waals surface area contributed by atoms with E-state index in [9.17, 15) is 4.79 Å². The van der Waals surface area contributed by atoms with Crippen LogP contribution in [0.15, 0.2) is 22.7 Å². The number of carbonyl (C=O) groups is 1. The highest BCUT2D eigenvalue weighted by Crippen LogP contribution is 2.25. The molecule has 0 aliphatic carbocycles. The van der Waals surface area contributed by atoms with E-state index in [1.165, 1.54) is 0 Å². The molecular weight excluding hydrogens is 310 g/mol. The molecule has 0 fully saturated rings. The molecule has 0 bridgehead atoms. The average Bonchev–Trinajstić information content (AvgIpc) is 2.38. The minimum Gasteiger partial charge on any atom is -0.394 e. The summed E-state index contributed by atoms with van der Waals surface area (Å²) in [5.41, 5.74) is 1.56. The first kappa shape index (κ1) is 16.1. The average molecular weight is 330 g/mol. The SMILES string of the molecule is CC(C)N(CCOCCO)c1cc(Br)ccc1C=O. The van der Waals surface area contributed by atoms with Crippen LogP contribution in [-0.4, -0.2) is 43.8 Å². The largest absolute Gasteiger partial charge is 0.394 e. The topological polar surface area (TPSA) is 49.8 Å². The molecule has 5 heteroatoms. The first-order valence-electron chi connectivity index (χ1n) is 6.30. The number of carbonyl (C=O) groups excluding carboxylic acids is 1. The molecule has 0 saturated heterocycles. The van der Waals surface area contributed by atoms with E-state index in [-0.39, 0.29) is 12.6 Å². The fourth-order valence-electron chi connectivity index (χ4n) is 1.85. The van der Waals surface area contributed by atoms with Gasteiger partial charge in [0, 0.05) is 28.3 Å². The van der Waals surface area contributed by atoms with E-state index in [1.807, 2.05) is 12.1 Å². The summed E-state index contributed by atoms with van der Waals surface area (Å²) in [4.78, 5) is 13.3. The third kappa shape index (κ3) is 4.93. The number of halogens is 1. The zero-order valence-corrected chi connectivity index (χ0v) is 12.9. The second-order valence-corrected chi connectivity index (χ2v) is 5.36. The monoisotopic (exact) mass is 329 g/mol. The molecule has 1 N–H and O–H groups in total. The van der Waals surface area contributed by atoms with E-state index >= 15 is 0 Å². The second-order valence-electron chi connectivity index (χ2n) is 4.44. The summed E-state index contributed by atoms with van der Waals surface area (Å²) in [7, 11) is 0. The van der Waals surface area contributed by atoms with Crippen molar-refractivity contribution in [1.29, 1.82) is 0 Å². The van der Waals surface area contributed by atoms with Crippen LogP contribution in [0.3, 0.4) is 0 Å². The number of nitrogens with zero attached hydrogens (tertiary/aromatic N) is 1. The van der Waals surface area contributed by atoms with Crippen molar-refractivity contribution in [3.63, 3.8) is 0 Å². The first-order chi connectivity index (χ1) is 9.10. The van der Waals surface area contributed by atoms with Crippen LogP contribution < -0.4 is 4.90 Å². The number of aliphatic hydroxyl groups is 1. The van der Waals surface area contributed by atoms with Gasteiger partial charge in [-0.3, -0.25) is 4.79 Å². The van der Waals surface area contributed by atoms with Crippen molar-refractivity contribution in [1.82, 2.24) is 0 Å². The van der Waals surface area contributed by atoms with Gasteiger partial charge >= 0.3 is 0 Å². The van der Waals surface area contributed by atoms with Gasteiger partial charge in [-0.2, -0.15) is 0 Å². The number of anilines is 1. The molecule has 106 valence electrons. The lowest BCUT2D eigenvalue weighted by Crippen LogP contribution is -2.35. The molecular formula is C14H20BrNO3. The zero-order chi connectivity index (χ0) is 14.3. The van der Waals surface area contributed by atoms with Gasteiger partial charge in [0.1, 0.15) is 0 Å². The Bertz CT molecular complexity index is 410. The van der Waals surface area contributed by atoms with E-state index in [0.29, 0.717) is 25.3 Å². The lowest BCUT2D eigenvalue weighted by Gasteiger charge is -2.30. The van der Waals surface area contributed by atoms with Crippen molar-refractivity contribution in [3.05, 3.63) is 28.2 Å². The molecule has 19 heavy (non-hydrogen) atoms. The maximum absolute atomic E-state index is 11.1. The highest BCUT2D eigenvalue weighted by atomic mass is 79.9. The molecule has 0 aliphatic rings. The standard InChI is InChI=1S/C14H20BrNO3/c1-11(2)16(5-7-19-8-6-17)14-9-13(15)4-3-12(14)10-18/h3-4,9-11,17H,5-8H2,1-2H3. The van der Waals surface area contributed by atoms with E-state index in [1.54, 1.807) is 6.07 Å². The molecule has 1 rings (SSSR count). The third-order valence-corrected chi connectivity index (χ3v) is 3.26. The van der Waals surface area contributed by atoms with E-state index in [2.05, 4.69) is 34.7 Å². The fraction of sp³-hybridized carbons (Fsp3) is 0.500. The summed E-state index contributed by atoms with van der Waals surface area (Å²) in [6.45, 7) is 5.70. The maximum Gasteiger partial charge on any atom is 0.152 e. The normalized spacial score (nSPS) is 10.8. The van der Waals surface area contributed by atoms with E-state index in [4.69, 9.17) is 9.84 Å². The lowest BCUT2D eigenvalue weighted by atomic mass is 10.1. The highest BCUT2D eigenvalue weighted by molar-refractivity contribution is 9.10. The quantitative estimate of drug-likeness (QED) is 0.588. The van der Waals surface area contributed by atoms with Crippen molar-refractivity contribution in [2.24, 2.45) is 0 Å². The molecule has 1 aromatic rings. The molecule has 0 saturated carbocycles. The minimum atomic E-state index is 0.0259. The van der Waals surface area contributed by atoms with Gasteiger partial charge in [-0.1, -0.05) is 15.9 Å². The Morgan fingerprint density at radius 3 is 2.74 bits per heavy atom. The number of hydrogen-bond acceptors (Lipinski definition) is 4. The van der Waals surface area contributed by atoms with Crippen LogP contribution >= 0.6 is 15.9 Å². The zero-order valence-electron chi connectivity index (χ0n) is 11.3. The van der Waals surface area contributed by atoms with Crippen LogP contribution in [0.2, 0.25) is 0 Å². The molecule has 0 radical (unpaired) electrons. The van der Waals surface area contributed by atoms with Gasteiger partial charge in [0.05, 0.1) is 19.8 Å². The summed E-state index contributed by atoms with van der Waals surface area (Å²) < 4.78 is 6.24. The van der Waals surface area contributed by atoms with E-state index in [0.717, 1.165) is 16.4 Å². The Morgan fingerprint density at radius 2 is 2.16 bits per heavy atom. The van der Waals surface area contributed by atoms with Gasteiger partial charge < -0.3 is 14.7 Å². The Balaban J connectivity index is 2.86. The Morgan fingerprint density at radius 1 is 1.42 bits per heavy atom. The van der Waals surface area contributed by atoms with Crippen LogP contribution in [0.5, 0.6) is 0 Å². The van der Waals surface area contributed by atoms with Gasteiger partial charge in [-0.05, 0) is 32.0 Å². The lowest BCUT2D eigenvalue weighted by molar-refractivity contribution is 0.0961. The Labute approximate surface area is 122 Å². The molecule has 0 unspecified atom stereocenters. The molecule has 0 aliphatic heterocycles. The summed E-state index contributed by atoms with van der Waals surface area (Å²) in [6, 6.07) is 5.85. The molecule has 0 aromatic heterocycles. The van der Waals surface area contributed by atoms with Crippen LogP contribution in [0.1, 0.15) is 24.2 Å². The van der Waals surface area contributed by atoms with Gasteiger partial charge in [-0.25, -0.2) is 0 Å². The first-order valence-corrected chi connectivity index (χ1v) is 7.09. The molecule has 4 nitrogen and oxygen atoms in total. The Kier molecular flexibility index (Phi) is 7.05. The van der Waals surface area contributed by atoms with Crippen molar-refractivity contribution in [2.75, 3.05) is 31.3 Å². The van der Waals surface area contributed by atoms with Gasteiger partial charge in [0.15, 0.2) is 6.29 Å². The maximum atomic E-state index is 11.1. The van der Waals surface area contributed by atoms with Gasteiger partial charge in [0.25, 0.3) is 0 Å². The number of aliphatic hydroxyl groups excluding tert-OH is 1. The highest BCUT2D eigenvalue weighted by Gasteiger charge is 2.14. The van der Waals surface area contributed by atoms with Crippen LogP contribution in [0, 0.1) is 0 Å². The van der Waals surface area contributed by atoms with Crippen LogP contribution in [0.4, 0.5) is 5.69 Å². The van der Waals surface area contributed by atoms with Crippen molar-refractivity contribution < 1.29 is 14.6 Å². The van der Waals surface area contributed by atoms with E-state index < -0.39 is 0 Å². The summed E-state index contributed by atoms with van der Waals surface area (Å²) >= 11 is 3.43. The smallest absolute Gasteiger partial charge is 0.152 e. The number of rotatable bonds is 8. The van der Waals surface area contributed by atoms with Crippen LogP contribution in [-0.2, 0) is 4.74 Å². The number of ether oxygens (including phenoxy) is 1. The molecule has 0 heterocycles. The minimum absolute atomic E-state index is 0.0259. The number of benzene rings is 1. The van der Waals surface area contributed by atoms with Crippen molar-refractivity contribution in [2.45, 2.75) is 19.9 Å². The summed E-state index contributed by atoms with van der Waals surface area (Å²) in [5.74, 6) is 0. The number of aldehydes is 1. The van der Waals surface area contributed by atoms with Crippen molar-refractivity contribution >= 4 is 27.9 Å². The second kappa shape index (κ2) is 8.30. The molecule has 1 aromatic carbocycles. The van der Waals surface area contributed by atoms with Crippen LogP contribution in [0.25, 0.3) is 0 Å². The Hall–Kier alpha value is -0.910. The number of hydrogen-bond donors (Lipinski definition) is 1. The predicted molar refractivity (Wildman–Crippen MR) is 79.9 cm³/mol. The summed E-state index contributed by atoms with van der Waals surface area (Å²) in [6.07, 6.45) is 0.867. The molecule has 0 atom stereocenters. The summed E-state index contributed by atoms with van der Waals surface area (Å²) in [5, 5.41) is 8.69. The van der Waals surface area contributed by atoms with Gasteiger partial charge in [0.2, 0.25) is 0 Å². The van der Waals surface area contributed by atoms with Crippen molar-refractivity contribution in [3.8, 4) is 0 Å². The predicted octanol–water partition coefficient (Wildman–Crippen LogP) is 2.49. The third-order valence-electron chi connectivity index (χ3n) is 2.76.